The van der Waals surface area contributed by atoms with Crippen LogP contribution in [-0.4, -0.2) is 13.2 Å². The molecule has 3 rings (SSSR count). The average Bonchev–Trinajstić information content (AvgIpc) is 2.70. The number of benzene rings is 3. The van der Waals surface area contributed by atoms with Gasteiger partial charge in [0.1, 0.15) is 24.7 Å². The molecule has 3 aromatic carbocycles. The highest BCUT2D eigenvalue weighted by atomic mass is 16.5. The molecule has 1 atom stereocenters. The highest BCUT2D eigenvalue weighted by Crippen LogP contribution is 2.25. The van der Waals surface area contributed by atoms with Gasteiger partial charge in [0.15, 0.2) is 0 Å². The molecule has 0 spiro atoms. The fourth-order valence-electron chi connectivity index (χ4n) is 2.87. The molecular formula is C24H26O2. The summed E-state index contributed by atoms with van der Waals surface area (Å²) < 4.78 is 11.6. The lowest BCUT2D eigenvalue weighted by atomic mass is 9.99. The van der Waals surface area contributed by atoms with Crippen LogP contribution in [0.5, 0.6) is 11.5 Å². The molecule has 0 amide bonds. The van der Waals surface area contributed by atoms with E-state index in [0.717, 1.165) is 23.3 Å². The number of hydrogen-bond acceptors (Lipinski definition) is 2. The zero-order valence-corrected chi connectivity index (χ0v) is 15.5. The predicted molar refractivity (Wildman–Crippen MR) is 109 cm³/mol. The second kappa shape index (κ2) is 9.10. The Hall–Kier alpha value is -2.74. The molecular weight excluding hydrogens is 320 g/mol. The van der Waals surface area contributed by atoms with Crippen LogP contribution in [0, 0.1) is 0 Å². The van der Waals surface area contributed by atoms with Crippen molar-refractivity contribution in [3.63, 3.8) is 0 Å². The van der Waals surface area contributed by atoms with Crippen molar-refractivity contribution < 1.29 is 9.47 Å². The molecule has 0 N–H and O–H groups in total. The smallest absolute Gasteiger partial charge is 0.127 e. The normalized spacial score (nSPS) is 12.4. The first kappa shape index (κ1) is 18.1. The highest BCUT2D eigenvalue weighted by molar-refractivity contribution is 5.88. The van der Waals surface area contributed by atoms with Crippen molar-refractivity contribution in [2.45, 2.75) is 26.2 Å². The van der Waals surface area contributed by atoms with Crippen LogP contribution >= 0.6 is 0 Å². The lowest BCUT2D eigenvalue weighted by Gasteiger charge is -2.10. The van der Waals surface area contributed by atoms with E-state index in [1.165, 1.54) is 10.9 Å². The zero-order chi connectivity index (χ0) is 18.2. The van der Waals surface area contributed by atoms with Crippen molar-refractivity contribution in [3.05, 3.63) is 84.4 Å². The first-order valence-corrected chi connectivity index (χ1v) is 9.26. The highest BCUT2D eigenvalue weighted by Gasteiger charge is 2.02. The maximum Gasteiger partial charge on any atom is 0.127 e. The van der Waals surface area contributed by atoms with Crippen molar-refractivity contribution in [1.29, 1.82) is 0 Å². The van der Waals surface area contributed by atoms with Crippen LogP contribution in [0.15, 0.2) is 78.9 Å². The molecule has 0 fully saturated rings. The fraction of sp³-hybridized carbons (Fsp3) is 0.250. The van der Waals surface area contributed by atoms with Gasteiger partial charge in [-0.15, -0.1) is 0 Å². The Labute approximate surface area is 156 Å². The van der Waals surface area contributed by atoms with Crippen molar-refractivity contribution in [2.24, 2.45) is 0 Å². The lowest BCUT2D eigenvalue weighted by molar-refractivity contribution is 0.352. The standard InChI is InChI=1S/C24H26O2/c1-3-19(2)20-13-15-22(16-14-20)25-17-6-7-18-26-24-12-8-10-21-9-4-5-11-23(21)24/h4-16,19H,3,17-18H2,1-2H3/b7-6+. The van der Waals surface area contributed by atoms with Crippen LogP contribution in [0.4, 0.5) is 0 Å². The van der Waals surface area contributed by atoms with Gasteiger partial charge in [0.05, 0.1) is 0 Å². The summed E-state index contributed by atoms with van der Waals surface area (Å²) in [5.74, 6) is 2.40. The van der Waals surface area contributed by atoms with E-state index in [-0.39, 0.29) is 0 Å². The van der Waals surface area contributed by atoms with Gasteiger partial charge in [-0.3, -0.25) is 0 Å². The van der Waals surface area contributed by atoms with Crippen LogP contribution in [0.25, 0.3) is 10.8 Å². The zero-order valence-electron chi connectivity index (χ0n) is 15.5. The van der Waals surface area contributed by atoms with E-state index in [1.54, 1.807) is 0 Å². The van der Waals surface area contributed by atoms with Gasteiger partial charge in [0.25, 0.3) is 0 Å². The van der Waals surface area contributed by atoms with Crippen LogP contribution < -0.4 is 9.47 Å². The van der Waals surface area contributed by atoms with Gasteiger partial charge in [-0.05, 0) is 53.6 Å². The Bertz CT molecular complexity index is 844. The molecule has 0 radical (unpaired) electrons. The Morgan fingerprint density at radius 2 is 1.50 bits per heavy atom. The van der Waals surface area contributed by atoms with E-state index in [1.807, 2.05) is 48.6 Å². The van der Waals surface area contributed by atoms with Gasteiger partial charge >= 0.3 is 0 Å². The molecule has 0 aliphatic rings. The molecule has 0 saturated heterocycles. The van der Waals surface area contributed by atoms with Crippen LogP contribution in [0.3, 0.4) is 0 Å². The number of hydrogen-bond donors (Lipinski definition) is 0. The third kappa shape index (κ3) is 4.66. The minimum absolute atomic E-state index is 0.532. The van der Waals surface area contributed by atoms with Gasteiger partial charge in [-0.1, -0.05) is 62.4 Å². The van der Waals surface area contributed by atoms with E-state index in [4.69, 9.17) is 9.47 Å². The Balaban J connectivity index is 1.46. The lowest BCUT2D eigenvalue weighted by Crippen LogP contribution is -1.97. The van der Waals surface area contributed by atoms with Crippen LogP contribution in [0.1, 0.15) is 31.7 Å². The molecule has 0 aromatic heterocycles. The Kier molecular flexibility index (Phi) is 6.32. The van der Waals surface area contributed by atoms with E-state index in [0.29, 0.717) is 19.1 Å². The van der Waals surface area contributed by atoms with Crippen molar-refractivity contribution >= 4 is 10.8 Å². The minimum Gasteiger partial charge on any atom is -0.490 e. The fourth-order valence-corrected chi connectivity index (χ4v) is 2.87. The van der Waals surface area contributed by atoms with Crippen molar-refractivity contribution in [2.75, 3.05) is 13.2 Å². The molecule has 3 aromatic rings. The van der Waals surface area contributed by atoms with Gasteiger partial charge < -0.3 is 9.47 Å². The third-order valence-electron chi connectivity index (χ3n) is 4.66. The summed E-state index contributed by atoms with van der Waals surface area (Å²) in [5, 5.41) is 2.33. The van der Waals surface area contributed by atoms with Gasteiger partial charge in [-0.25, -0.2) is 0 Å². The maximum absolute atomic E-state index is 5.88. The molecule has 2 nitrogen and oxygen atoms in total. The average molecular weight is 346 g/mol. The van der Waals surface area contributed by atoms with Crippen LogP contribution in [-0.2, 0) is 0 Å². The summed E-state index contributed by atoms with van der Waals surface area (Å²) >= 11 is 0. The Morgan fingerprint density at radius 3 is 2.27 bits per heavy atom. The SMILES string of the molecule is CCC(C)c1ccc(OC/C=C/COc2cccc3ccccc23)cc1. The molecule has 0 heterocycles. The molecule has 26 heavy (non-hydrogen) atoms. The first-order chi connectivity index (χ1) is 12.8. The quantitative estimate of drug-likeness (QED) is 0.441. The third-order valence-corrected chi connectivity index (χ3v) is 4.66. The molecule has 0 aliphatic carbocycles. The Morgan fingerprint density at radius 1 is 0.808 bits per heavy atom. The van der Waals surface area contributed by atoms with E-state index < -0.39 is 0 Å². The summed E-state index contributed by atoms with van der Waals surface area (Å²) in [6, 6.07) is 22.8. The number of rotatable bonds is 8. The minimum atomic E-state index is 0.532. The topological polar surface area (TPSA) is 18.5 Å². The first-order valence-electron chi connectivity index (χ1n) is 9.26. The van der Waals surface area contributed by atoms with E-state index in [9.17, 15) is 0 Å². The molecule has 2 heteroatoms. The molecule has 1 unspecified atom stereocenters. The molecule has 0 saturated carbocycles. The monoisotopic (exact) mass is 346 g/mol. The van der Waals surface area contributed by atoms with Gasteiger partial charge in [-0.2, -0.15) is 0 Å². The maximum atomic E-state index is 5.88. The predicted octanol–water partition coefficient (Wildman–Crippen LogP) is 6.37. The van der Waals surface area contributed by atoms with E-state index >= 15 is 0 Å². The van der Waals surface area contributed by atoms with Crippen LogP contribution in [0.2, 0.25) is 0 Å². The van der Waals surface area contributed by atoms with E-state index in [2.05, 4.69) is 44.2 Å². The molecule has 0 bridgehead atoms. The number of ether oxygens (including phenoxy) is 2. The summed E-state index contributed by atoms with van der Waals surface area (Å²) in [5.41, 5.74) is 1.36. The number of fused-ring (bicyclic) bond motifs is 1. The summed E-state index contributed by atoms with van der Waals surface area (Å²) in [7, 11) is 0. The molecule has 134 valence electrons. The van der Waals surface area contributed by atoms with Crippen molar-refractivity contribution in [3.8, 4) is 11.5 Å². The van der Waals surface area contributed by atoms with Crippen molar-refractivity contribution in [1.82, 2.24) is 0 Å². The summed E-state index contributed by atoms with van der Waals surface area (Å²) in [6.45, 7) is 5.53. The largest absolute Gasteiger partial charge is 0.490 e. The van der Waals surface area contributed by atoms with Gasteiger partial charge in [0, 0.05) is 5.39 Å². The summed E-state index contributed by atoms with van der Waals surface area (Å²) in [6.07, 6.45) is 5.14. The second-order valence-corrected chi connectivity index (χ2v) is 6.45. The van der Waals surface area contributed by atoms with Gasteiger partial charge in [0.2, 0.25) is 0 Å². The second-order valence-electron chi connectivity index (χ2n) is 6.45. The summed E-state index contributed by atoms with van der Waals surface area (Å²) in [4.78, 5) is 0. The molecule has 0 aliphatic heterocycles.